The van der Waals surface area contributed by atoms with Crippen LogP contribution in [0.4, 0.5) is 0 Å². The lowest BCUT2D eigenvalue weighted by molar-refractivity contribution is 0.228. The van der Waals surface area contributed by atoms with Crippen LogP contribution in [-0.4, -0.2) is 19.8 Å². The quantitative estimate of drug-likeness (QED) is 0.304. The molecule has 170 valence electrons. The molecule has 1 aliphatic rings. The molecule has 1 aliphatic heterocycles. The zero-order chi connectivity index (χ0) is 23.2. The van der Waals surface area contributed by atoms with Crippen LogP contribution in [0.3, 0.4) is 0 Å². The van der Waals surface area contributed by atoms with Crippen LogP contribution in [0, 0.1) is 6.92 Å². The van der Waals surface area contributed by atoms with Crippen molar-refractivity contribution in [1.29, 1.82) is 0 Å². The smallest absolute Gasteiger partial charge is 0.354 e. The minimum atomic E-state index is -3.19. The standard InChI is InChI=1S/C26H37O4P/c1-9-29-31(27,30-10-2)18-19(3)12-11-13-21(5)23-16-22-14-20(4)15-24(26(6,7)8)25(22)28-17-23/h11-16,18H,9-10,17H2,1-8H3. The van der Waals surface area contributed by atoms with Crippen molar-refractivity contribution in [3.05, 3.63) is 69.6 Å². The molecule has 0 bridgehead atoms. The number of ether oxygens (including phenoxy) is 1. The fourth-order valence-electron chi connectivity index (χ4n) is 3.45. The maximum absolute atomic E-state index is 12.6. The lowest BCUT2D eigenvalue weighted by atomic mass is 9.83. The molecular weight excluding hydrogens is 407 g/mol. The van der Waals surface area contributed by atoms with Crippen LogP contribution >= 0.6 is 7.60 Å². The van der Waals surface area contributed by atoms with E-state index in [4.69, 9.17) is 13.8 Å². The summed E-state index contributed by atoms with van der Waals surface area (Å²) in [6.45, 7) is 17.6. The highest BCUT2D eigenvalue weighted by Gasteiger charge is 2.24. The third kappa shape index (κ3) is 7.07. The molecule has 2 rings (SSSR count). The number of hydrogen-bond donors (Lipinski definition) is 0. The molecule has 0 fully saturated rings. The zero-order valence-electron chi connectivity index (χ0n) is 20.2. The largest absolute Gasteiger partial charge is 0.488 e. The molecule has 4 nitrogen and oxygen atoms in total. The first-order chi connectivity index (χ1) is 14.5. The molecule has 0 N–H and O–H groups in total. The molecule has 0 aromatic heterocycles. The number of aryl methyl sites for hydroxylation is 1. The van der Waals surface area contributed by atoms with E-state index in [1.54, 1.807) is 19.7 Å². The van der Waals surface area contributed by atoms with Gasteiger partial charge in [0.05, 0.1) is 13.2 Å². The van der Waals surface area contributed by atoms with E-state index in [2.05, 4.69) is 52.8 Å². The van der Waals surface area contributed by atoms with Crippen LogP contribution < -0.4 is 4.74 Å². The number of hydrogen-bond acceptors (Lipinski definition) is 4. The molecule has 0 spiro atoms. The Morgan fingerprint density at radius 2 is 1.81 bits per heavy atom. The number of benzene rings is 1. The summed E-state index contributed by atoms with van der Waals surface area (Å²) in [7, 11) is -3.19. The van der Waals surface area contributed by atoms with Crippen molar-refractivity contribution in [2.24, 2.45) is 0 Å². The predicted octanol–water partition coefficient (Wildman–Crippen LogP) is 7.74. The van der Waals surface area contributed by atoms with Gasteiger partial charge in [-0.2, -0.15) is 0 Å². The third-order valence-electron chi connectivity index (χ3n) is 4.96. The van der Waals surface area contributed by atoms with Crippen molar-refractivity contribution in [3.63, 3.8) is 0 Å². The van der Waals surface area contributed by atoms with Gasteiger partial charge >= 0.3 is 7.60 Å². The molecule has 0 amide bonds. The normalized spacial score (nSPS) is 15.7. The van der Waals surface area contributed by atoms with E-state index < -0.39 is 7.60 Å². The number of allylic oxidation sites excluding steroid dienone is 4. The summed E-state index contributed by atoms with van der Waals surface area (Å²) in [4.78, 5) is 0. The van der Waals surface area contributed by atoms with E-state index in [-0.39, 0.29) is 5.41 Å². The SMILES string of the molecule is CCOP(=O)(C=C(C)C=CC=C(C)C1=Cc2cc(C)cc(C(C)(C)C)c2OC1)OCC. The maximum atomic E-state index is 12.6. The lowest BCUT2D eigenvalue weighted by Gasteiger charge is -2.28. The average molecular weight is 445 g/mol. The van der Waals surface area contributed by atoms with Crippen LogP contribution in [-0.2, 0) is 19.0 Å². The Kier molecular flexibility index (Phi) is 8.71. The van der Waals surface area contributed by atoms with Crippen LogP contribution in [0.15, 0.2) is 52.9 Å². The van der Waals surface area contributed by atoms with Crippen LogP contribution in [0.5, 0.6) is 5.75 Å². The highest BCUT2D eigenvalue weighted by Crippen LogP contribution is 2.50. The van der Waals surface area contributed by atoms with E-state index in [9.17, 15) is 4.57 Å². The Balaban J connectivity index is 2.25. The second-order valence-corrected chi connectivity index (χ2v) is 10.8. The van der Waals surface area contributed by atoms with Gasteiger partial charge in [-0.05, 0) is 74.5 Å². The van der Waals surface area contributed by atoms with Gasteiger partial charge in [0.1, 0.15) is 12.4 Å². The van der Waals surface area contributed by atoms with Crippen molar-refractivity contribution in [2.75, 3.05) is 19.8 Å². The predicted molar refractivity (Wildman–Crippen MR) is 131 cm³/mol. The first-order valence-corrected chi connectivity index (χ1v) is 12.5. The van der Waals surface area contributed by atoms with Gasteiger partial charge in [0.25, 0.3) is 0 Å². The van der Waals surface area contributed by atoms with Gasteiger partial charge in [0.15, 0.2) is 0 Å². The van der Waals surface area contributed by atoms with E-state index in [1.165, 1.54) is 11.1 Å². The molecule has 1 heterocycles. The van der Waals surface area contributed by atoms with Crippen LogP contribution in [0.1, 0.15) is 65.2 Å². The van der Waals surface area contributed by atoms with Crippen molar-refractivity contribution >= 4 is 13.7 Å². The molecule has 0 unspecified atom stereocenters. The van der Waals surface area contributed by atoms with Crippen molar-refractivity contribution in [2.45, 2.75) is 60.8 Å². The minimum absolute atomic E-state index is 0.0291. The van der Waals surface area contributed by atoms with Crippen molar-refractivity contribution < 1.29 is 18.3 Å². The summed E-state index contributed by atoms with van der Waals surface area (Å²) < 4.78 is 29.5. The molecule has 0 saturated heterocycles. The summed E-state index contributed by atoms with van der Waals surface area (Å²) in [5.41, 5.74) is 6.76. The molecule has 1 aromatic rings. The first kappa shape index (κ1) is 25.4. The van der Waals surface area contributed by atoms with Gasteiger partial charge in [0.2, 0.25) is 0 Å². The first-order valence-electron chi connectivity index (χ1n) is 10.9. The van der Waals surface area contributed by atoms with Crippen LogP contribution in [0.25, 0.3) is 6.08 Å². The third-order valence-corrected chi connectivity index (χ3v) is 6.92. The highest BCUT2D eigenvalue weighted by atomic mass is 31.2. The molecule has 31 heavy (non-hydrogen) atoms. The topological polar surface area (TPSA) is 44.8 Å². The van der Waals surface area contributed by atoms with Crippen molar-refractivity contribution in [1.82, 2.24) is 0 Å². The summed E-state index contributed by atoms with van der Waals surface area (Å²) in [6.07, 6.45) is 8.14. The van der Waals surface area contributed by atoms with Gasteiger partial charge in [-0.25, -0.2) is 0 Å². The molecular formula is C26H37O4P. The van der Waals surface area contributed by atoms with E-state index >= 15 is 0 Å². The Morgan fingerprint density at radius 1 is 1.16 bits per heavy atom. The highest BCUT2D eigenvalue weighted by molar-refractivity contribution is 7.57. The lowest BCUT2D eigenvalue weighted by Crippen LogP contribution is -2.17. The van der Waals surface area contributed by atoms with Gasteiger partial charge in [-0.15, -0.1) is 0 Å². The monoisotopic (exact) mass is 444 g/mol. The maximum Gasteiger partial charge on any atom is 0.354 e. The summed E-state index contributed by atoms with van der Waals surface area (Å²) in [5, 5.41) is 0. The average Bonchev–Trinajstić information content (AvgIpc) is 2.66. The Bertz CT molecular complexity index is 948. The zero-order valence-corrected chi connectivity index (χ0v) is 21.1. The van der Waals surface area contributed by atoms with Gasteiger partial charge in [0, 0.05) is 16.9 Å². The Labute approximate surface area is 188 Å². The number of rotatable bonds is 8. The summed E-state index contributed by atoms with van der Waals surface area (Å²) >= 11 is 0. The molecule has 0 radical (unpaired) electrons. The molecule has 1 aromatic carbocycles. The molecule has 5 heteroatoms. The van der Waals surface area contributed by atoms with Gasteiger partial charge < -0.3 is 13.8 Å². The number of fused-ring (bicyclic) bond motifs is 1. The molecule has 0 saturated carbocycles. The fraction of sp³-hybridized carbons (Fsp3) is 0.462. The van der Waals surface area contributed by atoms with Gasteiger partial charge in [-0.3, -0.25) is 4.57 Å². The second-order valence-electron chi connectivity index (χ2n) is 8.90. The molecule has 0 aliphatic carbocycles. The van der Waals surface area contributed by atoms with E-state index in [0.29, 0.717) is 19.8 Å². The Morgan fingerprint density at radius 3 is 2.39 bits per heavy atom. The van der Waals surface area contributed by atoms with Gasteiger partial charge in [-0.1, -0.05) is 45.1 Å². The van der Waals surface area contributed by atoms with E-state index in [0.717, 1.165) is 28.0 Å². The molecule has 0 atom stereocenters. The summed E-state index contributed by atoms with van der Waals surface area (Å²) in [6, 6.07) is 4.40. The summed E-state index contributed by atoms with van der Waals surface area (Å²) in [5.74, 6) is 2.57. The fourth-order valence-corrected chi connectivity index (χ4v) is 4.98. The van der Waals surface area contributed by atoms with Crippen LogP contribution in [0.2, 0.25) is 0 Å². The van der Waals surface area contributed by atoms with E-state index in [1.807, 2.05) is 25.2 Å². The minimum Gasteiger partial charge on any atom is -0.488 e. The van der Waals surface area contributed by atoms with Crippen molar-refractivity contribution in [3.8, 4) is 5.75 Å². The second kappa shape index (κ2) is 10.6. The Hall–Kier alpha value is -1.87.